The highest BCUT2D eigenvalue weighted by atomic mass is 16.5. The molecule has 0 radical (unpaired) electrons. The maximum absolute atomic E-state index is 12.1. The third kappa shape index (κ3) is 5.55. The Bertz CT molecular complexity index is 750. The standard InChI is InChI=1S/C19H25N5O3/c1-26-16-5-3-2-4-15(16)12-19(25)21-7-6-20-17-13-18(23-14-22-17)24-8-10-27-11-9-24/h2-5,13-14H,6-12H2,1H3,(H,21,25)(H,20,22,23). The number of para-hydroxylation sites is 1. The fourth-order valence-electron chi connectivity index (χ4n) is 2.89. The molecule has 0 saturated carbocycles. The second-order valence-corrected chi connectivity index (χ2v) is 6.13. The van der Waals surface area contributed by atoms with Crippen LogP contribution in [0.2, 0.25) is 0 Å². The van der Waals surface area contributed by atoms with Gasteiger partial charge in [-0.15, -0.1) is 0 Å². The molecule has 2 heterocycles. The van der Waals surface area contributed by atoms with Crippen molar-refractivity contribution in [2.24, 2.45) is 0 Å². The number of carbonyl (C=O) groups excluding carboxylic acids is 1. The average molecular weight is 371 g/mol. The van der Waals surface area contributed by atoms with Crippen molar-refractivity contribution in [3.05, 3.63) is 42.2 Å². The molecule has 144 valence electrons. The number of nitrogens with zero attached hydrogens (tertiary/aromatic N) is 3. The van der Waals surface area contributed by atoms with E-state index in [2.05, 4.69) is 25.5 Å². The van der Waals surface area contributed by atoms with Crippen LogP contribution in [0.5, 0.6) is 5.75 Å². The summed E-state index contributed by atoms with van der Waals surface area (Å²) in [6.45, 7) is 4.17. The zero-order valence-electron chi connectivity index (χ0n) is 15.5. The number of aromatic nitrogens is 2. The normalized spacial score (nSPS) is 13.9. The summed E-state index contributed by atoms with van der Waals surface area (Å²) in [5.41, 5.74) is 0.872. The first-order chi connectivity index (χ1) is 13.3. The van der Waals surface area contributed by atoms with Crippen molar-refractivity contribution < 1.29 is 14.3 Å². The number of benzene rings is 1. The molecule has 0 aliphatic carbocycles. The van der Waals surface area contributed by atoms with Gasteiger partial charge < -0.3 is 25.0 Å². The highest BCUT2D eigenvalue weighted by molar-refractivity contribution is 5.79. The molecule has 0 bridgehead atoms. The topological polar surface area (TPSA) is 88.6 Å². The van der Waals surface area contributed by atoms with Gasteiger partial charge in [0, 0.05) is 37.8 Å². The quantitative estimate of drug-likeness (QED) is 0.672. The Morgan fingerprint density at radius 2 is 2.04 bits per heavy atom. The van der Waals surface area contributed by atoms with Crippen molar-refractivity contribution in [2.45, 2.75) is 6.42 Å². The van der Waals surface area contributed by atoms with Crippen molar-refractivity contribution in [2.75, 3.05) is 56.7 Å². The molecule has 0 spiro atoms. The van der Waals surface area contributed by atoms with E-state index < -0.39 is 0 Å². The number of anilines is 2. The molecular weight excluding hydrogens is 346 g/mol. The van der Waals surface area contributed by atoms with Crippen LogP contribution in [0, 0.1) is 0 Å². The minimum atomic E-state index is -0.0435. The highest BCUT2D eigenvalue weighted by Crippen LogP contribution is 2.17. The van der Waals surface area contributed by atoms with Gasteiger partial charge in [0.1, 0.15) is 23.7 Å². The summed E-state index contributed by atoms with van der Waals surface area (Å²) < 4.78 is 10.6. The first kappa shape index (κ1) is 18.9. The van der Waals surface area contributed by atoms with Crippen LogP contribution in [-0.2, 0) is 16.0 Å². The van der Waals surface area contributed by atoms with Gasteiger partial charge in [-0.05, 0) is 6.07 Å². The van der Waals surface area contributed by atoms with Crippen LogP contribution in [0.3, 0.4) is 0 Å². The van der Waals surface area contributed by atoms with E-state index in [1.54, 1.807) is 13.4 Å². The summed E-state index contributed by atoms with van der Waals surface area (Å²) >= 11 is 0. The number of hydrogen-bond donors (Lipinski definition) is 2. The van der Waals surface area contributed by atoms with Gasteiger partial charge in [0.2, 0.25) is 5.91 Å². The Morgan fingerprint density at radius 3 is 2.85 bits per heavy atom. The van der Waals surface area contributed by atoms with Gasteiger partial charge in [-0.1, -0.05) is 18.2 Å². The van der Waals surface area contributed by atoms with Crippen molar-refractivity contribution in [3.63, 3.8) is 0 Å². The van der Waals surface area contributed by atoms with Gasteiger partial charge in [-0.3, -0.25) is 4.79 Å². The van der Waals surface area contributed by atoms with Crippen LogP contribution in [0.25, 0.3) is 0 Å². The van der Waals surface area contributed by atoms with Crippen molar-refractivity contribution in [3.8, 4) is 5.75 Å². The molecule has 8 nitrogen and oxygen atoms in total. The number of methoxy groups -OCH3 is 1. The van der Waals surface area contributed by atoms with Crippen molar-refractivity contribution in [1.29, 1.82) is 0 Å². The zero-order valence-corrected chi connectivity index (χ0v) is 15.5. The van der Waals surface area contributed by atoms with Gasteiger partial charge in [0.05, 0.1) is 26.7 Å². The van der Waals surface area contributed by atoms with E-state index in [1.165, 1.54) is 0 Å². The maximum atomic E-state index is 12.1. The van der Waals surface area contributed by atoms with E-state index in [-0.39, 0.29) is 5.91 Å². The van der Waals surface area contributed by atoms with Crippen LogP contribution >= 0.6 is 0 Å². The largest absolute Gasteiger partial charge is 0.496 e. The summed E-state index contributed by atoms with van der Waals surface area (Å²) in [6.07, 6.45) is 1.84. The lowest BCUT2D eigenvalue weighted by Crippen LogP contribution is -2.36. The Morgan fingerprint density at radius 1 is 1.22 bits per heavy atom. The fourth-order valence-corrected chi connectivity index (χ4v) is 2.89. The van der Waals surface area contributed by atoms with E-state index in [0.29, 0.717) is 32.7 Å². The molecule has 1 saturated heterocycles. The van der Waals surface area contributed by atoms with E-state index in [4.69, 9.17) is 9.47 Å². The van der Waals surface area contributed by atoms with Crippen LogP contribution in [-0.4, -0.2) is 62.4 Å². The number of ether oxygens (including phenoxy) is 2. The molecule has 1 aromatic heterocycles. The maximum Gasteiger partial charge on any atom is 0.224 e. The Hall–Kier alpha value is -2.87. The Balaban J connectivity index is 1.42. The highest BCUT2D eigenvalue weighted by Gasteiger charge is 2.13. The van der Waals surface area contributed by atoms with E-state index in [1.807, 2.05) is 30.3 Å². The first-order valence-corrected chi connectivity index (χ1v) is 9.03. The van der Waals surface area contributed by atoms with Gasteiger partial charge in [0.15, 0.2) is 0 Å². The van der Waals surface area contributed by atoms with E-state index in [0.717, 1.165) is 36.0 Å². The first-order valence-electron chi connectivity index (χ1n) is 9.03. The van der Waals surface area contributed by atoms with E-state index >= 15 is 0 Å². The average Bonchev–Trinajstić information content (AvgIpc) is 2.72. The van der Waals surface area contributed by atoms with E-state index in [9.17, 15) is 4.79 Å². The minimum Gasteiger partial charge on any atom is -0.496 e. The molecule has 2 aromatic rings. The molecule has 1 aliphatic rings. The molecule has 1 fully saturated rings. The lowest BCUT2D eigenvalue weighted by atomic mass is 10.1. The van der Waals surface area contributed by atoms with Gasteiger partial charge in [-0.2, -0.15) is 0 Å². The summed E-state index contributed by atoms with van der Waals surface area (Å²) in [5.74, 6) is 2.31. The van der Waals surface area contributed by atoms with Gasteiger partial charge in [0.25, 0.3) is 0 Å². The van der Waals surface area contributed by atoms with Crippen LogP contribution in [0.15, 0.2) is 36.7 Å². The summed E-state index contributed by atoms with van der Waals surface area (Å²) in [5, 5.41) is 6.12. The lowest BCUT2D eigenvalue weighted by Gasteiger charge is -2.27. The smallest absolute Gasteiger partial charge is 0.224 e. The van der Waals surface area contributed by atoms with Crippen molar-refractivity contribution in [1.82, 2.24) is 15.3 Å². The second-order valence-electron chi connectivity index (χ2n) is 6.13. The summed E-state index contributed by atoms with van der Waals surface area (Å²) in [6, 6.07) is 9.45. The monoisotopic (exact) mass is 371 g/mol. The molecular formula is C19H25N5O3. The number of amides is 1. The van der Waals surface area contributed by atoms with Gasteiger partial charge >= 0.3 is 0 Å². The summed E-state index contributed by atoms with van der Waals surface area (Å²) in [4.78, 5) is 22.8. The SMILES string of the molecule is COc1ccccc1CC(=O)NCCNc1cc(N2CCOCC2)ncn1. The third-order valence-electron chi connectivity index (χ3n) is 4.28. The fraction of sp³-hybridized carbons (Fsp3) is 0.421. The second kappa shape index (κ2) is 9.72. The lowest BCUT2D eigenvalue weighted by molar-refractivity contribution is -0.120. The Kier molecular flexibility index (Phi) is 6.81. The molecule has 0 unspecified atom stereocenters. The van der Waals surface area contributed by atoms with Gasteiger partial charge in [-0.25, -0.2) is 9.97 Å². The molecule has 1 aromatic carbocycles. The molecule has 2 N–H and O–H groups in total. The molecule has 8 heteroatoms. The predicted molar refractivity (Wildman–Crippen MR) is 103 cm³/mol. The number of nitrogens with one attached hydrogen (secondary N) is 2. The van der Waals surface area contributed by atoms with Crippen molar-refractivity contribution >= 4 is 17.5 Å². The molecule has 3 rings (SSSR count). The molecule has 1 aliphatic heterocycles. The number of rotatable bonds is 8. The zero-order chi connectivity index (χ0) is 18.9. The summed E-state index contributed by atoms with van der Waals surface area (Å²) in [7, 11) is 1.60. The number of hydrogen-bond acceptors (Lipinski definition) is 7. The minimum absolute atomic E-state index is 0.0435. The van der Waals surface area contributed by atoms with Crippen LogP contribution in [0.1, 0.15) is 5.56 Å². The molecule has 27 heavy (non-hydrogen) atoms. The Labute approximate surface area is 158 Å². The van der Waals surface area contributed by atoms with Crippen LogP contribution < -0.4 is 20.3 Å². The number of carbonyl (C=O) groups is 1. The molecule has 0 atom stereocenters. The third-order valence-corrected chi connectivity index (χ3v) is 4.28. The van der Waals surface area contributed by atoms with Crippen LogP contribution in [0.4, 0.5) is 11.6 Å². The molecule has 1 amide bonds. The number of morpholine rings is 1. The predicted octanol–water partition coefficient (Wildman–Crippen LogP) is 1.09.